The molecule has 0 heterocycles. The first kappa shape index (κ1) is 19.3. The molecule has 0 radical (unpaired) electrons. The Morgan fingerprint density at radius 1 is 1.00 bits per heavy atom. The highest BCUT2D eigenvalue weighted by molar-refractivity contribution is 5.90. The van der Waals surface area contributed by atoms with E-state index in [9.17, 15) is 22.8 Å². The van der Waals surface area contributed by atoms with Crippen LogP contribution in [0.25, 0.3) is 0 Å². The van der Waals surface area contributed by atoms with Gasteiger partial charge in [0.15, 0.2) is 0 Å². The number of alkyl halides is 3. The van der Waals surface area contributed by atoms with E-state index in [1.54, 1.807) is 35.6 Å². The van der Waals surface area contributed by atoms with Gasteiger partial charge < -0.3 is 15.4 Å². The van der Waals surface area contributed by atoms with Gasteiger partial charge in [-0.3, -0.25) is 9.59 Å². The number of hydrogen-bond donors (Lipinski definition) is 2. The van der Waals surface area contributed by atoms with Crippen LogP contribution in [0, 0.1) is 0 Å². The van der Waals surface area contributed by atoms with Crippen LogP contribution in [0.15, 0.2) is 54.6 Å². The van der Waals surface area contributed by atoms with Gasteiger partial charge in [-0.1, -0.05) is 30.3 Å². The van der Waals surface area contributed by atoms with Gasteiger partial charge in [-0.25, -0.2) is 0 Å². The Labute approximate surface area is 148 Å². The minimum absolute atomic E-state index is 0.115. The van der Waals surface area contributed by atoms with Gasteiger partial charge in [0.1, 0.15) is 5.75 Å². The summed E-state index contributed by atoms with van der Waals surface area (Å²) in [5.41, 5.74) is 0.856. The number of benzene rings is 2. The minimum Gasteiger partial charge on any atom is -0.493 e. The fraction of sp³-hybridized carbons (Fsp3) is 0.222. The average molecular weight is 366 g/mol. The van der Waals surface area contributed by atoms with Gasteiger partial charge in [-0.05, 0) is 29.8 Å². The second-order valence-corrected chi connectivity index (χ2v) is 5.34. The number of para-hydroxylation sites is 1. The maximum atomic E-state index is 12.2. The molecule has 0 fully saturated rings. The zero-order valence-corrected chi connectivity index (χ0v) is 13.7. The second-order valence-electron chi connectivity index (χ2n) is 5.34. The number of carbonyl (C=O) groups excluding carboxylic acids is 2. The van der Waals surface area contributed by atoms with Crippen molar-refractivity contribution >= 4 is 17.5 Å². The minimum atomic E-state index is -4.93. The second kappa shape index (κ2) is 8.89. The van der Waals surface area contributed by atoms with Crippen LogP contribution in [0.5, 0.6) is 5.75 Å². The predicted molar refractivity (Wildman–Crippen MR) is 89.5 cm³/mol. The van der Waals surface area contributed by atoms with Crippen LogP contribution >= 0.6 is 0 Å². The lowest BCUT2D eigenvalue weighted by Gasteiger charge is -2.10. The number of rotatable bonds is 7. The number of amides is 2. The van der Waals surface area contributed by atoms with Gasteiger partial charge in [0.25, 0.3) is 0 Å². The van der Waals surface area contributed by atoms with Crippen molar-refractivity contribution in [2.24, 2.45) is 0 Å². The number of anilines is 1. The quantitative estimate of drug-likeness (QED) is 0.790. The molecular formula is C18H17F3N2O3. The van der Waals surface area contributed by atoms with Gasteiger partial charge >= 0.3 is 12.1 Å². The molecule has 2 amide bonds. The Balaban J connectivity index is 1.80. The fourth-order valence-corrected chi connectivity index (χ4v) is 2.04. The van der Waals surface area contributed by atoms with Crippen LogP contribution in [0.4, 0.5) is 18.9 Å². The van der Waals surface area contributed by atoms with E-state index in [-0.39, 0.29) is 25.5 Å². The molecule has 0 bridgehead atoms. The lowest BCUT2D eigenvalue weighted by molar-refractivity contribution is -0.173. The molecule has 0 saturated carbocycles. The summed E-state index contributed by atoms with van der Waals surface area (Å²) in [5.74, 6) is -1.65. The molecule has 0 atom stereocenters. The summed E-state index contributed by atoms with van der Waals surface area (Å²) < 4.78 is 41.9. The topological polar surface area (TPSA) is 67.4 Å². The molecular weight excluding hydrogens is 349 g/mol. The molecule has 8 heteroatoms. The maximum Gasteiger partial charge on any atom is 0.471 e. The van der Waals surface area contributed by atoms with Crippen molar-refractivity contribution in [1.82, 2.24) is 5.32 Å². The molecule has 0 aliphatic carbocycles. The van der Waals surface area contributed by atoms with Crippen LogP contribution in [-0.2, 0) is 16.1 Å². The van der Waals surface area contributed by atoms with Crippen molar-refractivity contribution in [2.75, 3.05) is 11.9 Å². The zero-order chi connectivity index (χ0) is 19.0. The van der Waals surface area contributed by atoms with Crippen molar-refractivity contribution in [1.29, 1.82) is 0 Å². The number of ether oxygens (including phenoxy) is 1. The van der Waals surface area contributed by atoms with E-state index in [1.807, 2.05) is 18.2 Å². The van der Waals surface area contributed by atoms with E-state index in [0.29, 0.717) is 17.0 Å². The molecule has 2 N–H and O–H groups in total. The highest BCUT2D eigenvalue weighted by Crippen LogP contribution is 2.16. The molecule has 26 heavy (non-hydrogen) atoms. The fourth-order valence-electron chi connectivity index (χ4n) is 2.04. The number of hydrogen-bond acceptors (Lipinski definition) is 3. The van der Waals surface area contributed by atoms with Crippen LogP contribution in [0.2, 0.25) is 0 Å². The normalized spacial score (nSPS) is 10.9. The van der Waals surface area contributed by atoms with Gasteiger partial charge in [0, 0.05) is 12.2 Å². The summed E-state index contributed by atoms with van der Waals surface area (Å²) in [6.07, 6.45) is -4.81. The Hall–Kier alpha value is -3.03. The predicted octanol–water partition coefficient (Wildman–Crippen LogP) is 3.27. The Bertz CT molecular complexity index is 749. The number of halogens is 3. The molecule has 138 valence electrons. The Kier molecular flexibility index (Phi) is 6.60. The van der Waals surface area contributed by atoms with Crippen molar-refractivity contribution in [3.05, 3.63) is 60.2 Å². The molecule has 2 aromatic carbocycles. The van der Waals surface area contributed by atoms with E-state index in [1.165, 1.54) is 6.07 Å². The first-order chi connectivity index (χ1) is 12.3. The standard InChI is InChI=1S/C18H17F3N2O3/c19-18(20,21)17(25)22-12-13-5-4-6-14(11-13)23-16(24)9-10-26-15-7-2-1-3-8-15/h1-8,11H,9-10,12H2,(H,22,25)(H,23,24). The first-order valence-corrected chi connectivity index (χ1v) is 7.76. The lowest BCUT2D eigenvalue weighted by atomic mass is 10.2. The molecule has 0 saturated heterocycles. The zero-order valence-electron chi connectivity index (χ0n) is 13.7. The molecule has 2 aromatic rings. The SMILES string of the molecule is O=C(CCOc1ccccc1)Nc1cccc(CNC(=O)C(F)(F)F)c1. The van der Waals surface area contributed by atoms with Crippen molar-refractivity contribution in [2.45, 2.75) is 19.1 Å². The molecule has 0 aliphatic rings. The molecule has 0 unspecified atom stereocenters. The van der Waals surface area contributed by atoms with Crippen molar-refractivity contribution in [3.63, 3.8) is 0 Å². The summed E-state index contributed by atoms with van der Waals surface area (Å²) in [4.78, 5) is 22.7. The maximum absolute atomic E-state index is 12.2. The van der Waals surface area contributed by atoms with E-state index in [2.05, 4.69) is 5.32 Å². The first-order valence-electron chi connectivity index (χ1n) is 7.76. The van der Waals surface area contributed by atoms with Crippen molar-refractivity contribution in [3.8, 4) is 5.75 Å². The summed E-state index contributed by atoms with van der Waals surface area (Å²) in [6, 6.07) is 15.3. The molecule has 0 aromatic heterocycles. The monoisotopic (exact) mass is 366 g/mol. The van der Waals surface area contributed by atoms with Crippen LogP contribution in [0.1, 0.15) is 12.0 Å². The third-order valence-electron chi connectivity index (χ3n) is 3.26. The van der Waals surface area contributed by atoms with Gasteiger partial charge in [-0.15, -0.1) is 0 Å². The summed E-state index contributed by atoms with van der Waals surface area (Å²) in [5, 5.41) is 4.41. The van der Waals surface area contributed by atoms with Gasteiger partial charge in [-0.2, -0.15) is 13.2 Å². The van der Waals surface area contributed by atoms with Crippen LogP contribution in [0.3, 0.4) is 0 Å². The highest BCUT2D eigenvalue weighted by atomic mass is 19.4. The number of nitrogens with one attached hydrogen (secondary N) is 2. The van der Waals surface area contributed by atoms with E-state index in [4.69, 9.17) is 4.74 Å². The Morgan fingerprint density at radius 3 is 2.42 bits per heavy atom. The van der Waals surface area contributed by atoms with Crippen LogP contribution in [-0.4, -0.2) is 24.6 Å². The van der Waals surface area contributed by atoms with Gasteiger partial charge in [0.05, 0.1) is 13.0 Å². The molecule has 0 spiro atoms. The summed E-state index contributed by atoms with van der Waals surface area (Å²) >= 11 is 0. The molecule has 0 aliphatic heterocycles. The molecule has 2 rings (SSSR count). The van der Waals surface area contributed by atoms with E-state index < -0.39 is 12.1 Å². The average Bonchev–Trinajstić information content (AvgIpc) is 2.60. The molecule has 5 nitrogen and oxygen atoms in total. The largest absolute Gasteiger partial charge is 0.493 e. The highest BCUT2D eigenvalue weighted by Gasteiger charge is 2.38. The van der Waals surface area contributed by atoms with E-state index >= 15 is 0 Å². The van der Waals surface area contributed by atoms with E-state index in [0.717, 1.165) is 0 Å². The Morgan fingerprint density at radius 2 is 1.73 bits per heavy atom. The third-order valence-corrected chi connectivity index (χ3v) is 3.26. The number of carbonyl (C=O) groups is 2. The summed E-state index contributed by atoms with van der Waals surface area (Å²) in [7, 11) is 0. The van der Waals surface area contributed by atoms with Crippen LogP contribution < -0.4 is 15.4 Å². The smallest absolute Gasteiger partial charge is 0.471 e. The third kappa shape index (κ3) is 6.46. The van der Waals surface area contributed by atoms with Crippen molar-refractivity contribution < 1.29 is 27.5 Å². The lowest BCUT2D eigenvalue weighted by Crippen LogP contribution is -2.36. The van der Waals surface area contributed by atoms with Gasteiger partial charge in [0.2, 0.25) is 5.91 Å². The summed E-state index contributed by atoms with van der Waals surface area (Å²) in [6.45, 7) is -0.101.